The molecule has 8 heteroatoms. The van der Waals surface area contributed by atoms with E-state index < -0.39 is 5.91 Å². The lowest BCUT2D eigenvalue weighted by Gasteiger charge is -2.32. The van der Waals surface area contributed by atoms with Gasteiger partial charge in [0.25, 0.3) is 11.8 Å². The van der Waals surface area contributed by atoms with Gasteiger partial charge in [-0.05, 0) is 54.8 Å². The highest BCUT2D eigenvalue weighted by Crippen LogP contribution is 2.20. The normalized spacial score (nSPS) is 13.7. The van der Waals surface area contributed by atoms with E-state index >= 15 is 0 Å². The fourth-order valence-electron chi connectivity index (χ4n) is 4.03. The summed E-state index contributed by atoms with van der Waals surface area (Å²) in [6.07, 6.45) is 1.36. The van der Waals surface area contributed by atoms with Crippen molar-refractivity contribution >= 4 is 23.5 Å². The SMILES string of the molecule is NC(=O)c1ccccc1OCc1cccc(C(=O)N2CCC(NC(=O)Nc3ccccc3)CC2)c1. The first-order valence-electron chi connectivity index (χ1n) is 11.5. The summed E-state index contributed by atoms with van der Waals surface area (Å²) in [5, 5.41) is 5.80. The van der Waals surface area contributed by atoms with E-state index in [1.54, 1.807) is 41.3 Å². The van der Waals surface area contributed by atoms with Crippen LogP contribution in [-0.2, 0) is 6.61 Å². The number of likely N-dealkylation sites (tertiary alicyclic amines) is 1. The number of benzene rings is 3. The number of amides is 4. The number of ether oxygens (including phenoxy) is 1. The van der Waals surface area contributed by atoms with Crippen LogP contribution in [0.1, 0.15) is 39.1 Å². The molecule has 1 aliphatic heterocycles. The zero-order chi connectivity index (χ0) is 24.6. The predicted octanol–water partition coefficient (Wildman–Crippen LogP) is 3.79. The molecule has 3 aromatic carbocycles. The standard InChI is InChI=1S/C27H28N4O4/c28-25(32)23-11-4-5-12-24(23)35-18-19-7-6-8-20(17-19)26(33)31-15-13-22(14-16-31)30-27(34)29-21-9-2-1-3-10-21/h1-12,17,22H,13-16,18H2,(H2,28,32)(H2,29,30,34). The van der Waals surface area contributed by atoms with Crippen molar-refractivity contribution in [2.45, 2.75) is 25.5 Å². The van der Waals surface area contributed by atoms with E-state index in [1.165, 1.54) is 0 Å². The molecule has 0 unspecified atom stereocenters. The first-order chi connectivity index (χ1) is 17.0. The summed E-state index contributed by atoms with van der Waals surface area (Å²) in [5.74, 6) is -0.209. The molecule has 0 atom stereocenters. The van der Waals surface area contributed by atoms with Gasteiger partial charge < -0.3 is 26.0 Å². The highest BCUT2D eigenvalue weighted by Gasteiger charge is 2.25. The van der Waals surface area contributed by atoms with Gasteiger partial charge in [0.1, 0.15) is 12.4 Å². The quantitative estimate of drug-likeness (QED) is 0.485. The summed E-state index contributed by atoms with van der Waals surface area (Å²) in [7, 11) is 0. The average Bonchev–Trinajstić information content (AvgIpc) is 2.88. The van der Waals surface area contributed by atoms with Crippen molar-refractivity contribution in [1.29, 1.82) is 0 Å². The Labute approximate surface area is 204 Å². The molecule has 3 aromatic rings. The van der Waals surface area contributed by atoms with Gasteiger partial charge in [0, 0.05) is 30.4 Å². The van der Waals surface area contributed by atoms with Crippen molar-refractivity contribution in [3.8, 4) is 5.75 Å². The van der Waals surface area contributed by atoms with Gasteiger partial charge in [-0.2, -0.15) is 0 Å². The van der Waals surface area contributed by atoms with Crippen LogP contribution >= 0.6 is 0 Å². The molecule has 4 amide bonds. The molecule has 0 saturated carbocycles. The lowest BCUT2D eigenvalue weighted by atomic mass is 10.0. The molecular weight excluding hydrogens is 444 g/mol. The molecule has 0 aliphatic carbocycles. The maximum absolute atomic E-state index is 13.1. The fraction of sp³-hybridized carbons (Fsp3) is 0.222. The smallest absolute Gasteiger partial charge is 0.319 e. The molecular formula is C27H28N4O4. The number of primary amides is 1. The highest BCUT2D eigenvalue weighted by atomic mass is 16.5. The molecule has 1 saturated heterocycles. The van der Waals surface area contributed by atoms with Crippen LogP contribution in [0.5, 0.6) is 5.75 Å². The van der Waals surface area contributed by atoms with E-state index in [0.717, 1.165) is 11.3 Å². The van der Waals surface area contributed by atoms with Gasteiger partial charge in [0.2, 0.25) is 0 Å². The molecule has 35 heavy (non-hydrogen) atoms. The van der Waals surface area contributed by atoms with Gasteiger partial charge >= 0.3 is 6.03 Å². The second-order valence-electron chi connectivity index (χ2n) is 8.38. The zero-order valence-electron chi connectivity index (χ0n) is 19.3. The molecule has 0 spiro atoms. The van der Waals surface area contributed by atoms with Crippen LogP contribution in [0.3, 0.4) is 0 Å². The maximum atomic E-state index is 13.1. The van der Waals surface area contributed by atoms with Crippen molar-refractivity contribution in [2.24, 2.45) is 5.73 Å². The number of nitrogens with one attached hydrogen (secondary N) is 2. The lowest BCUT2D eigenvalue weighted by molar-refractivity contribution is 0.0708. The van der Waals surface area contributed by atoms with Crippen molar-refractivity contribution in [1.82, 2.24) is 10.2 Å². The maximum Gasteiger partial charge on any atom is 0.319 e. The summed E-state index contributed by atoms with van der Waals surface area (Å²) in [6, 6.07) is 23.1. The molecule has 4 N–H and O–H groups in total. The Hall–Kier alpha value is -4.33. The predicted molar refractivity (Wildman–Crippen MR) is 133 cm³/mol. The van der Waals surface area contributed by atoms with Gasteiger partial charge in [-0.3, -0.25) is 9.59 Å². The third kappa shape index (κ3) is 6.38. The summed E-state index contributed by atoms with van der Waals surface area (Å²) in [5.41, 5.74) is 7.84. The number of urea groups is 1. The summed E-state index contributed by atoms with van der Waals surface area (Å²) >= 11 is 0. The summed E-state index contributed by atoms with van der Waals surface area (Å²) in [4.78, 5) is 38.7. The monoisotopic (exact) mass is 472 g/mol. The van der Waals surface area contributed by atoms with Crippen LogP contribution in [0.2, 0.25) is 0 Å². The number of carbonyl (C=O) groups is 3. The van der Waals surface area contributed by atoms with Gasteiger partial charge in [-0.15, -0.1) is 0 Å². The van der Waals surface area contributed by atoms with E-state index in [2.05, 4.69) is 10.6 Å². The van der Waals surface area contributed by atoms with Crippen LogP contribution in [0.4, 0.5) is 10.5 Å². The van der Waals surface area contributed by atoms with E-state index in [9.17, 15) is 14.4 Å². The topological polar surface area (TPSA) is 114 Å². The number of carbonyl (C=O) groups excluding carboxylic acids is 3. The van der Waals surface area contributed by atoms with Gasteiger partial charge in [0.15, 0.2) is 0 Å². The minimum absolute atomic E-state index is 0.00724. The molecule has 180 valence electrons. The van der Waals surface area contributed by atoms with E-state index in [0.29, 0.717) is 42.8 Å². The van der Waals surface area contributed by atoms with Crippen molar-refractivity contribution < 1.29 is 19.1 Å². The Balaban J connectivity index is 1.29. The minimum Gasteiger partial charge on any atom is -0.488 e. The average molecular weight is 473 g/mol. The first-order valence-corrected chi connectivity index (χ1v) is 11.5. The first kappa shape index (κ1) is 23.8. The number of nitrogens with zero attached hydrogens (tertiary/aromatic N) is 1. The van der Waals surface area contributed by atoms with Gasteiger partial charge in [-0.1, -0.05) is 42.5 Å². The molecule has 0 aromatic heterocycles. The number of anilines is 1. The number of para-hydroxylation sites is 2. The van der Waals surface area contributed by atoms with Crippen LogP contribution in [0, 0.1) is 0 Å². The minimum atomic E-state index is -0.556. The lowest BCUT2D eigenvalue weighted by Crippen LogP contribution is -2.47. The van der Waals surface area contributed by atoms with Crippen molar-refractivity contribution in [2.75, 3.05) is 18.4 Å². The molecule has 0 radical (unpaired) electrons. The third-order valence-electron chi connectivity index (χ3n) is 5.87. The summed E-state index contributed by atoms with van der Waals surface area (Å²) in [6.45, 7) is 1.32. The number of hydrogen-bond acceptors (Lipinski definition) is 4. The van der Waals surface area contributed by atoms with Crippen LogP contribution in [0.15, 0.2) is 78.9 Å². The Kier molecular flexibility index (Phi) is 7.62. The Bertz CT molecular complexity index is 1190. The van der Waals surface area contributed by atoms with Crippen LogP contribution in [-0.4, -0.2) is 41.9 Å². The van der Waals surface area contributed by atoms with Crippen LogP contribution < -0.4 is 21.1 Å². The van der Waals surface area contributed by atoms with Crippen molar-refractivity contribution in [3.63, 3.8) is 0 Å². The summed E-state index contributed by atoms with van der Waals surface area (Å²) < 4.78 is 5.79. The van der Waals surface area contributed by atoms with E-state index in [-0.39, 0.29) is 24.6 Å². The molecule has 1 fully saturated rings. The largest absolute Gasteiger partial charge is 0.488 e. The Morgan fingerprint density at radius 2 is 1.63 bits per heavy atom. The molecule has 4 rings (SSSR count). The van der Waals surface area contributed by atoms with Gasteiger partial charge in [0.05, 0.1) is 5.56 Å². The highest BCUT2D eigenvalue weighted by molar-refractivity contribution is 5.96. The zero-order valence-corrected chi connectivity index (χ0v) is 19.3. The number of nitrogens with two attached hydrogens (primary N) is 1. The van der Waals surface area contributed by atoms with E-state index in [1.807, 2.05) is 42.5 Å². The molecule has 0 bridgehead atoms. The fourth-order valence-corrected chi connectivity index (χ4v) is 4.03. The Morgan fingerprint density at radius 1 is 0.914 bits per heavy atom. The van der Waals surface area contributed by atoms with E-state index in [4.69, 9.17) is 10.5 Å². The van der Waals surface area contributed by atoms with Crippen molar-refractivity contribution in [3.05, 3.63) is 95.6 Å². The van der Waals surface area contributed by atoms with Crippen LogP contribution in [0.25, 0.3) is 0 Å². The molecule has 1 heterocycles. The Morgan fingerprint density at radius 3 is 2.37 bits per heavy atom. The number of hydrogen-bond donors (Lipinski definition) is 3. The van der Waals surface area contributed by atoms with Gasteiger partial charge in [-0.25, -0.2) is 4.79 Å². The molecule has 1 aliphatic rings. The second kappa shape index (κ2) is 11.2. The second-order valence-corrected chi connectivity index (χ2v) is 8.38. The third-order valence-corrected chi connectivity index (χ3v) is 5.87. The number of rotatable bonds is 7. The number of piperidine rings is 1. The molecule has 8 nitrogen and oxygen atoms in total.